The Morgan fingerprint density at radius 2 is 0.536 bits per heavy atom. The molecule has 8 saturated heterocycles. The summed E-state index contributed by atoms with van der Waals surface area (Å²) in [7, 11) is 15.8. The number of likely N-dealkylation sites (tertiary alicyclic amines) is 6. The largest absolute Gasteiger partial charge is 0.306 e. The Labute approximate surface area is 687 Å². The van der Waals surface area contributed by atoms with Crippen molar-refractivity contribution in [2.24, 2.45) is 97.6 Å². The van der Waals surface area contributed by atoms with Crippen molar-refractivity contribution in [3.63, 3.8) is 0 Å². The summed E-state index contributed by atoms with van der Waals surface area (Å²) in [6, 6.07) is 10.4. The summed E-state index contributed by atoms with van der Waals surface area (Å²) in [6.45, 7) is 51.1. The first-order valence-electron chi connectivity index (χ1n) is 48.3. The number of hydrogen-bond acceptors (Lipinski definition) is 7. The molecule has 0 aromatic heterocycles. The number of benzene rings is 1. The molecule has 8 aliphatic heterocycles. The van der Waals surface area contributed by atoms with Gasteiger partial charge in [-0.15, -0.1) is 0 Å². The molecule has 0 radical (unpaired) electrons. The predicted octanol–water partition coefficient (Wildman–Crippen LogP) is 26.1. The minimum Gasteiger partial charge on any atom is -0.306 e. The Hall–Kier alpha value is -1.58. The monoisotopic (exact) mass is 1520 g/mol. The van der Waals surface area contributed by atoms with E-state index in [9.17, 15) is 0 Å². The van der Waals surface area contributed by atoms with Crippen molar-refractivity contribution < 1.29 is 0 Å². The van der Waals surface area contributed by atoms with Crippen LogP contribution in [-0.4, -0.2) is 174 Å². The Kier molecular flexibility index (Phi) is 38.4. The van der Waals surface area contributed by atoms with Gasteiger partial charge in [-0.05, 0) is 407 Å². The molecule has 0 amide bonds. The summed E-state index contributed by atoms with van der Waals surface area (Å²) in [5.41, 5.74) is 10.5. The van der Waals surface area contributed by atoms with Gasteiger partial charge in [0.2, 0.25) is 0 Å². The topological polar surface area (TPSA) is 22.7 Å². The average Bonchev–Trinajstić information content (AvgIpc) is 1.29. The molecule has 5 unspecified atom stereocenters. The molecule has 7 heteroatoms. The second-order valence-electron chi connectivity index (χ2n) is 45.2. The van der Waals surface area contributed by atoms with Crippen molar-refractivity contribution in [2.45, 2.75) is 373 Å². The molecule has 636 valence electrons. The van der Waals surface area contributed by atoms with Crippen LogP contribution in [0.1, 0.15) is 358 Å². The summed E-state index contributed by atoms with van der Waals surface area (Å²) in [5.74, 6) is 11.0. The van der Waals surface area contributed by atoms with E-state index in [0.29, 0.717) is 0 Å². The van der Waals surface area contributed by atoms with E-state index >= 15 is 0 Å². The van der Waals surface area contributed by atoms with E-state index in [0.717, 1.165) is 110 Å². The van der Waals surface area contributed by atoms with Crippen molar-refractivity contribution in [3.05, 3.63) is 58.7 Å². The van der Waals surface area contributed by atoms with Crippen LogP contribution in [0.4, 0.5) is 0 Å². The number of aryl methyl sites for hydroxylation is 2. The lowest BCUT2D eigenvalue weighted by molar-refractivity contribution is -0.0758. The number of piperidine rings is 4. The summed E-state index contributed by atoms with van der Waals surface area (Å²) in [5, 5.41) is 0. The predicted molar refractivity (Wildman–Crippen MR) is 484 cm³/mol. The van der Waals surface area contributed by atoms with E-state index < -0.39 is 0 Å². The van der Waals surface area contributed by atoms with E-state index in [-0.39, 0.29) is 0 Å². The van der Waals surface area contributed by atoms with Crippen LogP contribution in [0.15, 0.2) is 47.6 Å². The first-order valence-corrected chi connectivity index (χ1v) is 48.3. The SMILES string of the molecule is CC1=CCC(C)CC1.CC1=CCC(C)CC1.CC1CC2(C1)CN(C)C2.CC1CC2(CCN(C)CC2)C1.CC1CC2CCC(C1)N2C.CC1CCC(C)CC1.CC1CCC2(CC1)CCN(C)C2.CC1CCC2(CC1)CCN(C)CC2.CC1CCC2(CC1)CN(C)C2.CC1CCC2(CCN(C)CC2)C1.Cc1ccc(C)cc1. The zero-order valence-electron chi connectivity index (χ0n) is 77.9. The Bertz CT molecular complexity index is 2510. The number of rotatable bonds is 0. The minimum absolute atomic E-state index is 0.751. The highest BCUT2D eigenvalue weighted by atomic mass is 15.2. The van der Waals surface area contributed by atoms with Crippen LogP contribution >= 0.6 is 0 Å². The van der Waals surface area contributed by atoms with E-state index in [1.54, 1.807) is 11.1 Å². The fourth-order valence-corrected chi connectivity index (χ4v) is 24.4. The second kappa shape index (κ2) is 45.0. The summed E-state index contributed by atoms with van der Waals surface area (Å²) in [4.78, 5) is 17.4. The normalized spacial score (nSPS) is 34.5. The fourth-order valence-electron chi connectivity index (χ4n) is 24.4. The molecule has 0 N–H and O–H groups in total. The fraction of sp³-hybridized carbons (Fsp3) is 0.903. The van der Waals surface area contributed by atoms with Crippen LogP contribution in [0.25, 0.3) is 0 Å². The lowest BCUT2D eigenvalue weighted by Crippen LogP contribution is -2.60. The van der Waals surface area contributed by atoms with E-state index in [1.807, 2.05) is 0 Å². The van der Waals surface area contributed by atoms with Gasteiger partial charge in [-0.3, -0.25) is 0 Å². The van der Waals surface area contributed by atoms with Gasteiger partial charge < -0.3 is 34.3 Å². The van der Waals surface area contributed by atoms with E-state index in [2.05, 4.69) is 224 Å². The van der Waals surface area contributed by atoms with Crippen LogP contribution in [0.2, 0.25) is 0 Å². The molecular weight excluding hydrogens is 1340 g/mol. The van der Waals surface area contributed by atoms with Crippen LogP contribution in [0.5, 0.6) is 0 Å². The lowest BCUT2D eigenvalue weighted by atomic mass is 9.58. The van der Waals surface area contributed by atoms with Gasteiger partial charge in [-0.1, -0.05) is 205 Å². The minimum atomic E-state index is 0.751. The third kappa shape index (κ3) is 31.6. The zero-order chi connectivity index (χ0) is 79.9. The molecule has 17 aliphatic rings. The van der Waals surface area contributed by atoms with Crippen LogP contribution in [-0.2, 0) is 0 Å². The van der Waals surface area contributed by atoms with Crippen molar-refractivity contribution in [2.75, 3.05) is 128 Å². The number of nitrogens with zero attached hydrogens (tertiary/aromatic N) is 7. The van der Waals surface area contributed by atoms with Crippen LogP contribution in [0, 0.1) is 111 Å². The molecule has 2 bridgehead atoms. The standard InChI is InChI=1S/C12H23N.2C11H21N.2C10H19N.C9H17N.C8H15N.C8H16.2C8H14.C8H10/c1-11-3-5-12(6-4-11)7-9-13(2)10-8-12;1-10-3-5-11(6-4-10)7-8-12(2)9-11;1-10-3-4-11(9-10)5-7-12(2)8-6-11;1-9-7-10(8-9)3-5-11(2)6-4-10;1-9-3-5-10(6-4-9)7-11(2)8-10;1-7-5-8-3-4-9(6-7)10(8)2;1-7-3-8(4-7)5-9(2)6-8;4*1-7-3-5-8(2)6-4-7/h11H,3-10H2,1-2H3;2*10H,3-9H2,1-2H3;2*9H,3-8H2,1-2H3;7-9H,3-6H2,1-2H3;7H,3-6H2,1-2H3;7-8H,3-6H2,1-2H3;2*3,8H,4-6H2,1-2H3;3-6H,1-2H3. The smallest absolute Gasteiger partial charge is 0.00982 e. The molecule has 15 fully saturated rings. The van der Waals surface area contributed by atoms with E-state index in [1.165, 1.54) is 346 Å². The van der Waals surface area contributed by atoms with Gasteiger partial charge in [0.1, 0.15) is 0 Å². The maximum absolute atomic E-state index is 2.60. The van der Waals surface area contributed by atoms with Gasteiger partial charge in [-0.25, -0.2) is 0 Å². The van der Waals surface area contributed by atoms with E-state index in [4.69, 9.17) is 0 Å². The molecule has 6 spiro atoms. The quantitative estimate of drug-likeness (QED) is 0.239. The van der Waals surface area contributed by atoms with Gasteiger partial charge in [0.15, 0.2) is 0 Å². The highest BCUT2D eigenvalue weighted by molar-refractivity contribution is 5.19. The molecular formula is C103H189N7. The maximum atomic E-state index is 2.60. The van der Waals surface area contributed by atoms with Gasteiger partial charge in [0.25, 0.3) is 0 Å². The lowest BCUT2D eigenvalue weighted by Gasteiger charge is -2.57. The van der Waals surface area contributed by atoms with Gasteiger partial charge in [0.05, 0.1) is 0 Å². The van der Waals surface area contributed by atoms with Gasteiger partial charge >= 0.3 is 0 Å². The molecule has 5 atom stereocenters. The number of fused-ring (bicyclic) bond motifs is 2. The van der Waals surface area contributed by atoms with Crippen LogP contribution in [0.3, 0.4) is 0 Å². The second-order valence-corrected chi connectivity index (χ2v) is 45.2. The third-order valence-corrected chi connectivity index (χ3v) is 32.9. The molecule has 1 aromatic rings. The number of hydrogen-bond donors (Lipinski definition) is 0. The van der Waals surface area contributed by atoms with Crippen LogP contribution < -0.4 is 0 Å². The molecule has 9 aliphatic carbocycles. The molecule has 8 heterocycles. The molecule has 7 nitrogen and oxygen atoms in total. The summed E-state index contributed by atoms with van der Waals surface area (Å²) < 4.78 is 0. The molecule has 110 heavy (non-hydrogen) atoms. The third-order valence-electron chi connectivity index (χ3n) is 32.9. The molecule has 7 saturated carbocycles. The average molecular weight is 1530 g/mol. The van der Waals surface area contributed by atoms with Crippen molar-refractivity contribution >= 4 is 0 Å². The Morgan fingerprint density at radius 3 is 0.864 bits per heavy atom. The summed E-state index contributed by atoms with van der Waals surface area (Å²) in [6.07, 6.45) is 63.3. The number of allylic oxidation sites excluding steroid dienone is 4. The van der Waals surface area contributed by atoms with Crippen molar-refractivity contribution in [1.29, 1.82) is 0 Å². The van der Waals surface area contributed by atoms with Gasteiger partial charge in [-0.2, -0.15) is 0 Å². The molecule has 18 rings (SSSR count). The zero-order valence-corrected chi connectivity index (χ0v) is 77.9. The Morgan fingerprint density at radius 1 is 0.245 bits per heavy atom. The summed E-state index contributed by atoms with van der Waals surface area (Å²) >= 11 is 0. The first kappa shape index (κ1) is 93.9. The maximum Gasteiger partial charge on any atom is 0.00982 e. The highest BCUT2D eigenvalue weighted by Gasteiger charge is 2.50. The Balaban J connectivity index is 0.000000153. The molecule has 1 aromatic carbocycles. The first-order chi connectivity index (χ1) is 52.1. The van der Waals surface area contributed by atoms with Crippen molar-refractivity contribution in [1.82, 2.24) is 34.3 Å². The van der Waals surface area contributed by atoms with Gasteiger partial charge in [0, 0.05) is 44.8 Å². The van der Waals surface area contributed by atoms with Crippen molar-refractivity contribution in [3.8, 4) is 0 Å². The highest BCUT2D eigenvalue weighted by Crippen LogP contribution is 2.54.